The molecule has 3 saturated carbocycles. The summed E-state index contributed by atoms with van der Waals surface area (Å²) < 4.78 is 26.5. The zero-order valence-electron chi connectivity index (χ0n) is 31.0. The van der Waals surface area contributed by atoms with Crippen LogP contribution in [0.4, 0.5) is 4.79 Å². The van der Waals surface area contributed by atoms with Gasteiger partial charge >= 0.3 is 6.03 Å². The van der Waals surface area contributed by atoms with Gasteiger partial charge in [-0.25, -0.2) is 13.2 Å². The van der Waals surface area contributed by atoms with Gasteiger partial charge in [-0.3, -0.25) is 19.2 Å². The lowest BCUT2D eigenvalue weighted by molar-refractivity contribution is -0.145. The Morgan fingerprint density at radius 3 is 2.20 bits per heavy atom. The lowest BCUT2D eigenvalue weighted by Gasteiger charge is -2.45. The number of urea groups is 1. The van der Waals surface area contributed by atoms with Gasteiger partial charge in [0.15, 0.2) is 9.84 Å². The maximum atomic E-state index is 14.4. The van der Waals surface area contributed by atoms with Crippen LogP contribution >= 0.6 is 0 Å². The highest BCUT2D eigenvalue weighted by molar-refractivity contribution is 7.92. The summed E-state index contributed by atoms with van der Waals surface area (Å²) in [7, 11) is -3.38. The van der Waals surface area contributed by atoms with E-state index in [4.69, 9.17) is 0 Å². The van der Waals surface area contributed by atoms with Gasteiger partial charge in [0.25, 0.3) is 5.91 Å². The number of nitrogens with one attached hydrogen (secondary N) is 4. The minimum Gasteiger partial charge on any atom is -0.346 e. The molecular formula is C37H61N5O7S. The molecule has 0 bridgehead atoms. The molecule has 0 aromatic heterocycles. The van der Waals surface area contributed by atoms with Crippen LogP contribution in [0.1, 0.15) is 112 Å². The number of amides is 5. The van der Waals surface area contributed by atoms with Crippen molar-refractivity contribution in [3.8, 4) is 0 Å². The second kappa shape index (κ2) is 16.2. The molecule has 4 N–H and O–H groups in total. The molecule has 2 unspecified atom stereocenters. The molecule has 5 aliphatic rings. The molecule has 2 aliphatic heterocycles. The molecule has 2 saturated heterocycles. The van der Waals surface area contributed by atoms with Crippen LogP contribution in [0.15, 0.2) is 12.7 Å². The van der Waals surface area contributed by atoms with Crippen molar-refractivity contribution in [2.24, 2.45) is 29.1 Å². The number of hydrogen-bond acceptors (Lipinski definition) is 7. The van der Waals surface area contributed by atoms with E-state index < -0.39 is 73.7 Å². The van der Waals surface area contributed by atoms with Crippen LogP contribution in [0.3, 0.4) is 0 Å². The second-order valence-electron chi connectivity index (χ2n) is 16.1. The van der Waals surface area contributed by atoms with Crippen LogP contribution in [-0.2, 0) is 29.0 Å². The lowest BCUT2D eigenvalue weighted by atomic mass is 9.77. The number of fused-ring (bicyclic) bond motifs is 1. The number of Topliss-reactive ketones (excluding diaryl/α,β-unsaturated/α-hetero) is 1. The van der Waals surface area contributed by atoms with Gasteiger partial charge in [-0.2, -0.15) is 0 Å². The summed E-state index contributed by atoms with van der Waals surface area (Å²) in [6.07, 6.45) is 9.39. The summed E-state index contributed by atoms with van der Waals surface area (Å²) in [6.45, 7) is 15.6. The van der Waals surface area contributed by atoms with Crippen LogP contribution in [0.2, 0.25) is 0 Å². The van der Waals surface area contributed by atoms with Crippen molar-refractivity contribution in [3.05, 3.63) is 12.7 Å². The fourth-order valence-corrected chi connectivity index (χ4v) is 11.0. The zero-order chi connectivity index (χ0) is 37.0. The second-order valence-corrected chi connectivity index (χ2v) is 18.4. The van der Waals surface area contributed by atoms with Gasteiger partial charge in [0, 0.05) is 13.1 Å². The summed E-state index contributed by atoms with van der Waals surface area (Å²) in [4.78, 5) is 69.4. The Labute approximate surface area is 299 Å². The standard InChI is InChI=1S/C35H55N5O7S.C2H6/c1-6-17-36-31(43)28(41)24(19-22-13-14-22)37-30(42)27-26-21(2)23(26)20-40(27)32(44)29(34(3,4)5)38-33(45)39-35(15-9-7-10-16-35)25-12-8-11-18-48(25,46)47;1-2/h6,21-27,29H,1,7-20H2,2-5H3,(H,36,43)(H,37,42)(H2,38,39,45);1-2H3/t21?,23-,24+,25?,26+,27+,29-;/m1./s1. The van der Waals surface area contributed by atoms with Gasteiger partial charge < -0.3 is 26.2 Å². The van der Waals surface area contributed by atoms with E-state index in [2.05, 4.69) is 27.8 Å². The minimum atomic E-state index is -3.38. The van der Waals surface area contributed by atoms with E-state index in [0.717, 1.165) is 38.5 Å². The van der Waals surface area contributed by atoms with Gasteiger partial charge in [0.2, 0.25) is 17.6 Å². The van der Waals surface area contributed by atoms with Gasteiger partial charge in [-0.15, -0.1) is 6.58 Å². The van der Waals surface area contributed by atoms with Crippen molar-refractivity contribution >= 4 is 39.4 Å². The minimum absolute atomic E-state index is 0.0864. The third-order valence-corrected chi connectivity index (χ3v) is 13.9. The topological polar surface area (TPSA) is 171 Å². The largest absolute Gasteiger partial charge is 0.346 e. The number of hydrogen-bond donors (Lipinski definition) is 4. The lowest BCUT2D eigenvalue weighted by Crippen LogP contribution is -2.66. The van der Waals surface area contributed by atoms with Crippen molar-refractivity contribution in [1.29, 1.82) is 0 Å². The fourth-order valence-electron chi connectivity index (χ4n) is 8.56. The van der Waals surface area contributed by atoms with E-state index in [0.29, 0.717) is 38.6 Å². The highest BCUT2D eigenvalue weighted by Gasteiger charge is 2.63. The average Bonchev–Trinajstić information content (AvgIpc) is 3.96. The van der Waals surface area contributed by atoms with Crippen LogP contribution < -0.4 is 21.3 Å². The number of nitrogens with zero attached hydrogens (tertiary/aromatic N) is 1. The number of piperidine rings is 1. The smallest absolute Gasteiger partial charge is 0.315 e. The van der Waals surface area contributed by atoms with Crippen LogP contribution in [0.5, 0.6) is 0 Å². The Morgan fingerprint density at radius 1 is 0.960 bits per heavy atom. The van der Waals surface area contributed by atoms with Gasteiger partial charge in [0.05, 0.1) is 22.6 Å². The molecule has 282 valence electrons. The van der Waals surface area contributed by atoms with Crippen molar-refractivity contribution < 1.29 is 32.4 Å². The third kappa shape index (κ3) is 8.91. The van der Waals surface area contributed by atoms with Crippen molar-refractivity contribution in [1.82, 2.24) is 26.2 Å². The number of ketones is 1. The third-order valence-electron chi connectivity index (χ3n) is 11.5. The van der Waals surface area contributed by atoms with E-state index >= 15 is 0 Å². The molecule has 5 amide bonds. The molecule has 0 radical (unpaired) electrons. The number of sulfone groups is 1. The van der Waals surface area contributed by atoms with E-state index in [9.17, 15) is 32.4 Å². The van der Waals surface area contributed by atoms with E-state index in [1.165, 1.54) is 6.08 Å². The molecule has 13 heteroatoms. The monoisotopic (exact) mass is 719 g/mol. The highest BCUT2D eigenvalue weighted by atomic mass is 32.2. The maximum Gasteiger partial charge on any atom is 0.315 e. The Hall–Kier alpha value is -2.96. The number of likely N-dealkylation sites (tertiary alicyclic amines) is 1. The van der Waals surface area contributed by atoms with Crippen molar-refractivity contribution in [2.45, 2.75) is 141 Å². The van der Waals surface area contributed by atoms with Crippen molar-refractivity contribution in [3.63, 3.8) is 0 Å². The summed E-state index contributed by atoms with van der Waals surface area (Å²) in [5, 5.41) is 10.7. The van der Waals surface area contributed by atoms with Gasteiger partial charge in [0.1, 0.15) is 12.1 Å². The predicted octanol–water partition coefficient (Wildman–Crippen LogP) is 3.65. The molecule has 5 rings (SSSR count). The molecule has 0 spiro atoms. The molecule has 0 aromatic rings. The molecule has 5 fully saturated rings. The van der Waals surface area contributed by atoms with Crippen LogP contribution in [0, 0.1) is 29.1 Å². The molecule has 2 heterocycles. The van der Waals surface area contributed by atoms with E-state index in [-0.39, 0.29) is 36.0 Å². The Kier molecular flexibility index (Phi) is 12.9. The van der Waals surface area contributed by atoms with Crippen LogP contribution in [-0.4, -0.2) is 90.6 Å². The quantitative estimate of drug-likeness (QED) is 0.176. The molecular weight excluding hydrogens is 659 g/mol. The molecule has 3 aliphatic carbocycles. The number of carbonyl (C=O) groups is 5. The Morgan fingerprint density at radius 2 is 1.62 bits per heavy atom. The molecule has 50 heavy (non-hydrogen) atoms. The van der Waals surface area contributed by atoms with E-state index in [1.54, 1.807) is 4.90 Å². The van der Waals surface area contributed by atoms with Crippen LogP contribution in [0.25, 0.3) is 0 Å². The summed E-state index contributed by atoms with van der Waals surface area (Å²) in [5.41, 5.74) is -1.63. The summed E-state index contributed by atoms with van der Waals surface area (Å²) >= 11 is 0. The Bertz CT molecular complexity index is 1400. The number of carbonyl (C=O) groups excluding carboxylic acids is 5. The average molecular weight is 720 g/mol. The summed E-state index contributed by atoms with van der Waals surface area (Å²) in [5.74, 6) is -1.72. The number of rotatable bonds is 12. The predicted molar refractivity (Wildman–Crippen MR) is 193 cm³/mol. The first-order valence-electron chi connectivity index (χ1n) is 18.9. The van der Waals surface area contributed by atoms with Gasteiger partial charge in [-0.05, 0) is 61.2 Å². The SMILES string of the molecule is C=CCNC(=O)C(=O)[C@H](CC1CC1)NC(=O)[C@@H]1[C@H]2C(C)[C@H]2CN1C(=O)[C@@H](NC(=O)NC1(C2CCCCS2(=O)=O)CCCCC1)C(C)(C)C.CC. The first-order chi connectivity index (χ1) is 23.6. The fraction of sp³-hybridized carbons (Fsp3) is 0.811. The summed E-state index contributed by atoms with van der Waals surface area (Å²) in [6, 6.07) is -3.41. The molecule has 7 atom stereocenters. The van der Waals surface area contributed by atoms with Crippen molar-refractivity contribution in [2.75, 3.05) is 18.8 Å². The molecule has 12 nitrogen and oxygen atoms in total. The maximum absolute atomic E-state index is 14.4. The molecule has 0 aromatic carbocycles. The zero-order valence-corrected chi connectivity index (χ0v) is 31.8. The first-order valence-corrected chi connectivity index (χ1v) is 20.6. The normalized spacial score (nSPS) is 29.1. The Balaban J connectivity index is 0.00000276. The van der Waals surface area contributed by atoms with E-state index in [1.807, 2.05) is 41.5 Å². The first kappa shape index (κ1) is 39.8. The highest BCUT2D eigenvalue weighted by Crippen LogP contribution is 2.55. The van der Waals surface area contributed by atoms with Gasteiger partial charge in [-0.1, -0.05) is 86.1 Å².